The summed E-state index contributed by atoms with van der Waals surface area (Å²) < 4.78 is 5.09. The highest BCUT2D eigenvalue weighted by atomic mass is 16.2. The van der Waals surface area contributed by atoms with Gasteiger partial charge in [0.05, 0.1) is 12.7 Å². The maximum atomic E-state index is 13.4. The summed E-state index contributed by atoms with van der Waals surface area (Å²) in [4.78, 5) is 41.0. The summed E-state index contributed by atoms with van der Waals surface area (Å²) in [6, 6.07) is 9.61. The molecular weight excluding hydrogens is 420 g/mol. The molecule has 9 heteroatoms. The maximum absolute atomic E-state index is 13.4. The van der Waals surface area contributed by atoms with Gasteiger partial charge in [0, 0.05) is 45.8 Å². The van der Waals surface area contributed by atoms with Gasteiger partial charge in [0.2, 0.25) is 0 Å². The smallest absolute Gasteiger partial charge is 0.264 e. The van der Waals surface area contributed by atoms with Crippen LogP contribution in [0.1, 0.15) is 37.4 Å². The Hall–Kier alpha value is -4.14. The monoisotopic (exact) mass is 444 g/mol. The van der Waals surface area contributed by atoms with Crippen molar-refractivity contribution in [1.82, 2.24) is 29.0 Å². The molecule has 0 atom stereocenters. The molecule has 0 saturated heterocycles. The van der Waals surface area contributed by atoms with E-state index >= 15 is 0 Å². The number of carbonyl (C=O) groups excluding carboxylic acids is 2. The number of nitrogens with one attached hydrogen (secondary N) is 1. The summed E-state index contributed by atoms with van der Waals surface area (Å²) in [7, 11) is 3.39. The number of hydrogen-bond acceptors (Lipinski definition) is 4. The molecule has 168 valence electrons. The van der Waals surface area contributed by atoms with Crippen LogP contribution < -0.4 is 10.9 Å². The van der Waals surface area contributed by atoms with Crippen LogP contribution >= 0.6 is 0 Å². The fourth-order valence-electron chi connectivity index (χ4n) is 4.51. The van der Waals surface area contributed by atoms with Crippen molar-refractivity contribution in [2.24, 2.45) is 7.05 Å². The summed E-state index contributed by atoms with van der Waals surface area (Å²) in [5.74, 6) is -0.527. The number of imidazole rings is 1. The number of aryl methyl sites for hydroxylation is 1. The summed E-state index contributed by atoms with van der Waals surface area (Å²) in [6.45, 7) is 1.08. The standard InChI is InChI=1S/C24H24N6O3/c1-25-21(31)20-18-8-9-28(23(32)19-12-26-30-11-10-27(2)22(19)30)14-17(18)15-29(24(20)33)13-16-6-4-3-5-7-16/h3-7,10-12,15H,8-9,13-14H2,1-2H3,(H,25,31). The van der Waals surface area contributed by atoms with Crippen LogP contribution in [0.3, 0.4) is 0 Å². The van der Waals surface area contributed by atoms with E-state index in [2.05, 4.69) is 10.4 Å². The Bertz CT molecular complexity index is 1430. The molecule has 3 aromatic heterocycles. The van der Waals surface area contributed by atoms with Crippen LogP contribution in [-0.2, 0) is 26.6 Å². The van der Waals surface area contributed by atoms with Gasteiger partial charge >= 0.3 is 0 Å². The largest absolute Gasteiger partial charge is 0.355 e. The SMILES string of the molecule is CNC(=O)c1c2c(cn(Cc3ccccc3)c1=O)CN(C(=O)c1cnn3ccn(C)c13)CC2. The van der Waals surface area contributed by atoms with E-state index < -0.39 is 5.91 Å². The summed E-state index contributed by atoms with van der Waals surface area (Å²) in [5, 5.41) is 6.87. The van der Waals surface area contributed by atoms with Crippen molar-refractivity contribution in [2.45, 2.75) is 19.5 Å². The van der Waals surface area contributed by atoms with E-state index in [4.69, 9.17) is 0 Å². The maximum Gasteiger partial charge on any atom is 0.264 e. The molecular formula is C24H24N6O3. The predicted molar refractivity (Wildman–Crippen MR) is 122 cm³/mol. The molecule has 5 rings (SSSR count). The number of pyridine rings is 1. The topological polar surface area (TPSA) is 93.6 Å². The molecule has 0 unspecified atom stereocenters. The van der Waals surface area contributed by atoms with Gasteiger partial charge in [-0.25, -0.2) is 4.52 Å². The third kappa shape index (κ3) is 3.51. The van der Waals surface area contributed by atoms with E-state index in [0.717, 1.165) is 16.8 Å². The first-order valence-electron chi connectivity index (χ1n) is 10.8. The number of rotatable bonds is 4. The Kier molecular flexibility index (Phi) is 5.08. The van der Waals surface area contributed by atoms with E-state index in [1.54, 1.807) is 32.6 Å². The Morgan fingerprint density at radius 1 is 1.15 bits per heavy atom. The van der Waals surface area contributed by atoms with E-state index in [1.807, 2.05) is 48.1 Å². The van der Waals surface area contributed by atoms with Crippen LogP contribution in [0.4, 0.5) is 0 Å². The zero-order valence-corrected chi connectivity index (χ0v) is 18.5. The van der Waals surface area contributed by atoms with Crippen molar-refractivity contribution in [3.05, 3.63) is 93.3 Å². The van der Waals surface area contributed by atoms with Gasteiger partial charge in [-0.1, -0.05) is 30.3 Å². The van der Waals surface area contributed by atoms with Gasteiger partial charge in [0.1, 0.15) is 16.8 Å². The fourth-order valence-corrected chi connectivity index (χ4v) is 4.51. The fraction of sp³-hybridized carbons (Fsp3) is 0.250. The lowest BCUT2D eigenvalue weighted by atomic mass is 9.95. The van der Waals surface area contributed by atoms with Crippen LogP contribution in [-0.4, -0.2) is 49.1 Å². The third-order valence-corrected chi connectivity index (χ3v) is 6.17. The van der Waals surface area contributed by atoms with Gasteiger partial charge in [-0.2, -0.15) is 5.10 Å². The predicted octanol–water partition coefficient (Wildman–Crippen LogP) is 1.44. The lowest BCUT2D eigenvalue weighted by Crippen LogP contribution is -2.41. The highest BCUT2D eigenvalue weighted by Gasteiger charge is 2.29. The molecule has 1 aliphatic rings. The molecule has 2 amide bonds. The normalized spacial score (nSPS) is 13.2. The first-order valence-corrected chi connectivity index (χ1v) is 10.8. The molecule has 0 saturated carbocycles. The van der Waals surface area contributed by atoms with Gasteiger partial charge in [-0.15, -0.1) is 0 Å². The summed E-state index contributed by atoms with van der Waals surface area (Å²) in [6.07, 6.45) is 7.45. The minimum atomic E-state index is -0.402. The van der Waals surface area contributed by atoms with Crippen molar-refractivity contribution in [3.8, 4) is 0 Å². The van der Waals surface area contributed by atoms with Crippen LogP contribution in [0.2, 0.25) is 0 Å². The second kappa shape index (κ2) is 8.09. The molecule has 0 spiro atoms. The van der Waals surface area contributed by atoms with Gasteiger partial charge in [0.25, 0.3) is 17.4 Å². The second-order valence-electron chi connectivity index (χ2n) is 8.22. The summed E-state index contributed by atoms with van der Waals surface area (Å²) >= 11 is 0. The first-order chi connectivity index (χ1) is 16.0. The second-order valence-corrected chi connectivity index (χ2v) is 8.22. The van der Waals surface area contributed by atoms with Crippen molar-refractivity contribution in [1.29, 1.82) is 0 Å². The number of amides is 2. The quantitative estimate of drug-likeness (QED) is 0.516. The number of carbonyl (C=O) groups is 2. The van der Waals surface area contributed by atoms with Crippen LogP contribution in [0.25, 0.3) is 5.65 Å². The average Bonchev–Trinajstić information content (AvgIpc) is 3.42. The molecule has 33 heavy (non-hydrogen) atoms. The highest BCUT2D eigenvalue weighted by molar-refractivity contribution is 6.00. The summed E-state index contributed by atoms with van der Waals surface area (Å²) in [5.41, 5.74) is 3.57. The molecule has 0 bridgehead atoms. The minimum Gasteiger partial charge on any atom is -0.355 e. The Morgan fingerprint density at radius 3 is 2.70 bits per heavy atom. The first kappa shape index (κ1) is 20.7. The molecule has 9 nitrogen and oxygen atoms in total. The molecule has 1 N–H and O–H groups in total. The molecule has 0 aliphatic carbocycles. The van der Waals surface area contributed by atoms with Crippen LogP contribution in [0, 0.1) is 0 Å². The highest BCUT2D eigenvalue weighted by Crippen LogP contribution is 2.24. The molecule has 1 aromatic carbocycles. The van der Waals surface area contributed by atoms with E-state index in [1.165, 1.54) is 7.05 Å². The Morgan fingerprint density at radius 2 is 1.94 bits per heavy atom. The average molecular weight is 444 g/mol. The molecule has 0 radical (unpaired) electrons. The van der Waals surface area contributed by atoms with E-state index in [-0.39, 0.29) is 17.0 Å². The van der Waals surface area contributed by atoms with Crippen molar-refractivity contribution in [2.75, 3.05) is 13.6 Å². The number of fused-ring (bicyclic) bond motifs is 2. The van der Waals surface area contributed by atoms with Crippen LogP contribution in [0.5, 0.6) is 0 Å². The lowest BCUT2D eigenvalue weighted by molar-refractivity contribution is 0.0735. The molecule has 0 fully saturated rings. The molecule has 4 aromatic rings. The number of hydrogen-bond donors (Lipinski definition) is 1. The van der Waals surface area contributed by atoms with Crippen LogP contribution in [0.15, 0.2) is 59.9 Å². The van der Waals surface area contributed by atoms with Crippen molar-refractivity contribution >= 4 is 17.5 Å². The molecule has 1 aliphatic heterocycles. The van der Waals surface area contributed by atoms with E-state index in [9.17, 15) is 14.4 Å². The third-order valence-electron chi connectivity index (χ3n) is 6.17. The van der Waals surface area contributed by atoms with Crippen molar-refractivity contribution < 1.29 is 9.59 Å². The Labute approximate surface area is 189 Å². The lowest BCUT2D eigenvalue weighted by Gasteiger charge is -2.30. The number of nitrogens with zero attached hydrogens (tertiary/aromatic N) is 5. The Balaban J connectivity index is 1.54. The van der Waals surface area contributed by atoms with Crippen molar-refractivity contribution in [3.63, 3.8) is 0 Å². The zero-order valence-electron chi connectivity index (χ0n) is 18.5. The zero-order chi connectivity index (χ0) is 23.1. The number of aromatic nitrogens is 4. The van der Waals surface area contributed by atoms with Gasteiger partial charge in [-0.05, 0) is 23.1 Å². The minimum absolute atomic E-state index is 0.125. The number of benzene rings is 1. The molecule has 4 heterocycles. The van der Waals surface area contributed by atoms with E-state index in [0.29, 0.717) is 37.2 Å². The van der Waals surface area contributed by atoms with Gasteiger partial charge in [0.15, 0.2) is 0 Å². The van der Waals surface area contributed by atoms with Gasteiger partial charge in [-0.3, -0.25) is 14.4 Å². The van der Waals surface area contributed by atoms with Gasteiger partial charge < -0.3 is 19.4 Å².